The fraction of sp³-hybridized carbons (Fsp3) is 0.0588. The lowest BCUT2D eigenvalue weighted by Crippen LogP contribution is -2.14. The third kappa shape index (κ3) is 3.75. The van der Waals surface area contributed by atoms with E-state index in [1.807, 2.05) is 0 Å². The van der Waals surface area contributed by atoms with Crippen LogP contribution in [-0.4, -0.2) is 12.8 Å². The number of halogens is 2. The van der Waals surface area contributed by atoms with Crippen molar-refractivity contribution in [3.63, 3.8) is 0 Å². The highest BCUT2D eigenvalue weighted by Gasteiger charge is 2.08. The summed E-state index contributed by atoms with van der Waals surface area (Å²) >= 11 is 11.9. The first kappa shape index (κ1) is 16.3. The lowest BCUT2D eigenvalue weighted by atomic mass is 10.1. The highest BCUT2D eigenvalue weighted by molar-refractivity contribution is 6.34. The molecule has 112 valence electrons. The van der Waals surface area contributed by atoms with E-state index in [4.69, 9.17) is 23.2 Å². The van der Waals surface area contributed by atoms with E-state index in [0.29, 0.717) is 21.3 Å². The number of rotatable bonds is 4. The summed E-state index contributed by atoms with van der Waals surface area (Å²) in [7, 11) is 1.63. The number of carbonyl (C=O) groups is 1. The number of allylic oxidation sites excluding steroid dienone is 1. The first-order valence-corrected chi connectivity index (χ1v) is 7.27. The van der Waals surface area contributed by atoms with Gasteiger partial charge in [-0.15, -0.1) is 0 Å². The van der Waals surface area contributed by atoms with Gasteiger partial charge in [0.1, 0.15) is 0 Å². The summed E-state index contributed by atoms with van der Waals surface area (Å²) in [6.07, 6.45) is 2.86. The molecule has 2 aromatic rings. The second-order valence-electron chi connectivity index (χ2n) is 4.49. The van der Waals surface area contributed by atoms with Gasteiger partial charge in [-0.25, -0.2) is 0 Å². The molecule has 2 rings (SSSR count). The third-order valence-corrected chi connectivity index (χ3v) is 3.61. The van der Waals surface area contributed by atoms with Crippen LogP contribution in [0.5, 0.6) is 0 Å². The van der Waals surface area contributed by atoms with Crippen LogP contribution >= 0.6 is 23.2 Å². The summed E-state index contributed by atoms with van der Waals surface area (Å²) in [5.41, 5.74) is 0.717. The summed E-state index contributed by atoms with van der Waals surface area (Å²) < 4.78 is 0. The van der Waals surface area contributed by atoms with E-state index in [0.717, 1.165) is 0 Å². The Balaban J connectivity index is 2.38. The number of benzene rings is 1. The molecule has 0 spiro atoms. The Labute approximate surface area is 138 Å². The number of carbonyl (C=O) groups excluding carboxylic acids is 1. The van der Waals surface area contributed by atoms with Crippen molar-refractivity contribution < 1.29 is 4.79 Å². The van der Waals surface area contributed by atoms with Gasteiger partial charge in [0, 0.05) is 17.1 Å². The van der Waals surface area contributed by atoms with Crippen LogP contribution in [-0.2, 0) is 0 Å². The molecule has 22 heavy (non-hydrogen) atoms. The van der Waals surface area contributed by atoms with Crippen molar-refractivity contribution in [2.75, 3.05) is 12.4 Å². The molecule has 0 saturated heterocycles. The van der Waals surface area contributed by atoms with Crippen molar-refractivity contribution in [2.24, 2.45) is 0 Å². The van der Waals surface area contributed by atoms with Gasteiger partial charge >= 0.3 is 0 Å². The van der Waals surface area contributed by atoms with Crippen molar-refractivity contribution in [3.8, 4) is 0 Å². The van der Waals surface area contributed by atoms with Crippen molar-refractivity contribution >= 4 is 40.7 Å². The van der Waals surface area contributed by atoms with Gasteiger partial charge in [0.15, 0.2) is 5.78 Å². The first-order valence-electron chi connectivity index (χ1n) is 6.51. The standard InChI is InChI=1S/C17H13Cl2NO2/c1-20-15-5-3-2-4-13(17(15)22)16(21)9-6-11-10-12(18)7-8-14(11)19/h2-10H,1H3,(H,20,22)/b9-6+. The molecule has 0 fully saturated rings. The third-order valence-electron chi connectivity index (χ3n) is 3.03. The minimum absolute atomic E-state index is 0.0868. The van der Waals surface area contributed by atoms with Crippen molar-refractivity contribution in [2.45, 2.75) is 0 Å². The Bertz CT molecular complexity index is 801. The normalized spacial score (nSPS) is 10.7. The Morgan fingerprint density at radius 2 is 1.86 bits per heavy atom. The average Bonchev–Trinajstić information content (AvgIpc) is 2.69. The predicted molar refractivity (Wildman–Crippen MR) is 92.1 cm³/mol. The largest absolute Gasteiger partial charge is 0.385 e. The molecule has 0 atom stereocenters. The lowest BCUT2D eigenvalue weighted by Gasteiger charge is -1.99. The quantitative estimate of drug-likeness (QED) is 0.670. The van der Waals surface area contributed by atoms with Crippen LogP contribution < -0.4 is 10.7 Å². The van der Waals surface area contributed by atoms with Crippen molar-refractivity contribution in [3.05, 3.63) is 79.9 Å². The molecule has 0 aliphatic rings. The fourth-order valence-electron chi connectivity index (χ4n) is 1.89. The summed E-state index contributed by atoms with van der Waals surface area (Å²) in [4.78, 5) is 24.5. The smallest absolute Gasteiger partial charge is 0.212 e. The molecule has 0 amide bonds. The summed E-state index contributed by atoms with van der Waals surface area (Å²) in [6, 6.07) is 11.4. The molecule has 2 aromatic carbocycles. The van der Waals surface area contributed by atoms with E-state index < -0.39 is 5.78 Å². The maximum Gasteiger partial charge on any atom is 0.212 e. The Hall–Kier alpha value is -2.10. The zero-order chi connectivity index (χ0) is 16.1. The minimum atomic E-state index is -0.395. The highest BCUT2D eigenvalue weighted by atomic mass is 35.5. The van der Waals surface area contributed by atoms with E-state index >= 15 is 0 Å². The molecular weight excluding hydrogens is 321 g/mol. The number of hydrogen-bond donors (Lipinski definition) is 1. The van der Waals surface area contributed by atoms with E-state index in [-0.39, 0.29) is 11.0 Å². The molecule has 0 unspecified atom stereocenters. The molecular formula is C17H13Cl2NO2. The molecule has 0 saturated carbocycles. The predicted octanol–water partition coefficient (Wildman–Crippen LogP) is 4.29. The molecule has 3 nitrogen and oxygen atoms in total. The number of anilines is 1. The van der Waals surface area contributed by atoms with E-state index in [2.05, 4.69) is 5.32 Å². The fourth-order valence-corrected chi connectivity index (χ4v) is 2.25. The van der Waals surface area contributed by atoms with E-state index in [9.17, 15) is 9.59 Å². The van der Waals surface area contributed by atoms with Gasteiger partial charge in [-0.05, 0) is 48.0 Å². The van der Waals surface area contributed by atoms with Crippen LogP contribution in [0, 0.1) is 0 Å². The van der Waals surface area contributed by atoms with Gasteiger partial charge in [0.25, 0.3) is 0 Å². The molecule has 0 aliphatic carbocycles. The second-order valence-corrected chi connectivity index (χ2v) is 5.33. The van der Waals surface area contributed by atoms with Crippen LogP contribution in [0.2, 0.25) is 10.0 Å². The SMILES string of the molecule is CNc1ccccc(C(=O)/C=C/c2cc(Cl)ccc2Cl)c1=O. The van der Waals surface area contributed by atoms with Gasteiger partial charge in [0.05, 0.1) is 11.3 Å². The van der Waals surface area contributed by atoms with Gasteiger partial charge in [0.2, 0.25) is 5.43 Å². The maximum atomic E-state index is 12.3. The zero-order valence-electron chi connectivity index (χ0n) is 11.8. The maximum absolute atomic E-state index is 12.3. The molecule has 5 heteroatoms. The van der Waals surface area contributed by atoms with E-state index in [1.54, 1.807) is 49.5 Å². The van der Waals surface area contributed by atoms with Gasteiger partial charge in [-0.1, -0.05) is 35.3 Å². The highest BCUT2D eigenvalue weighted by Crippen LogP contribution is 2.21. The molecule has 0 aliphatic heterocycles. The van der Waals surface area contributed by atoms with Crippen molar-refractivity contribution in [1.29, 1.82) is 0 Å². The summed E-state index contributed by atoms with van der Waals surface area (Å²) in [6.45, 7) is 0. The lowest BCUT2D eigenvalue weighted by molar-refractivity contribution is 0.104. The second kappa shape index (κ2) is 7.25. The van der Waals surface area contributed by atoms with Gasteiger partial charge in [-0.2, -0.15) is 0 Å². The summed E-state index contributed by atoms with van der Waals surface area (Å²) in [5, 5.41) is 3.77. The van der Waals surface area contributed by atoms with Crippen LogP contribution in [0.25, 0.3) is 6.08 Å². The Morgan fingerprint density at radius 1 is 1.14 bits per heavy atom. The molecule has 0 radical (unpaired) electrons. The molecule has 0 bridgehead atoms. The first-order chi connectivity index (χ1) is 10.5. The van der Waals surface area contributed by atoms with Crippen LogP contribution in [0.3, 0.4) is 0 Å². The average molecular weight is 334 g/mol. The van der Waals surface area contributed by atoms with Crippen LogP contribution in [0.15, 0.2) is 53.3 Å². The topological polar surface area (TPSA) is 46.2 Å². The minimum Gasteiger partial charge on any atom is -0.385 e. The number of nitrogens with one attached hydrogen (secondary N) is 1. The molecule has 0 aromatic heterocycles. The van der Waals surface area contributed by atoms with Gasteiger partial charge < -0.3 is 5.32 Å². The Morgan fingerprint density at radius 3 is 2.59 bits per heavy atom. The van der Waals surface area contributed by atoms with E-state index in [1.165, 1.54) is 12.1 Å². The van der Waals surface area contributed by atoms with Crippen molar-refractivity contribution in [1.82, 2.24) is 0 Å². The monoisotopic (exact) mass is 333 g/mol. The summed E-state index contributed by atoms with van der Waals surface area (Å²) in [5.74, 6) is -0.395. The molecule has 0 heterocycles. The zero-order valence-corrected chi connectivity index (χ0v) is 13.3. The van der Waals surface area contributed by atoms with Gasteiger partial charge in [-0.3, -0.25) is 9.59 Å². The van der Waals surface area contributed by atoms with Crippen LogP contribution in [0.1, 0.15) is 15.9 Å². The Kier molecular flexibility index (Phi) is 5.36. The van der Waals surface area contributed by atoms with Crippen LogP contribution in [0.4, 0.5) is 5.69 Å². The number of hydrogen-bond acceptors (Lipinski definition) is 3. The number of ketones is 1. The molecule has 1 N–H and O–H groups in total.